The molecule has 2 aromatic rings. The summed E-state index contributed by atoms with van der Waals surface area (Å²) in [7, 11) is 0. The number of carbonyl (C=O) groups is 2. The molecule has 1 aromatic heterocycles. The van der Waals surface area contributed by atoms with Crippen molar-refractivity contribution in [2.75, 3.05) is 0 Å². The van der Waals surface area contributed by atoms with E-state index in [1.54, 1.807) is 25.1 Å². The Labute approximate surface area is 127 Å². The number of carboxylic acid groups (broad SMARTS) is 1. The Kier molecular flexibility index (Phi) is 4.51. The van der Waals surface area contributed by atoms with Gasteiger partial charge in [0.1, 0.15) is 9.88 Å². The average Bonchev–Trinajstić information content (AvgIpc) is 2.78. The SMILES string of the molecule is Cc1nc(CNC(=O)c2ccccc2Br)sc1C(=O)O. The molecule has 0 radical (unpaired) electrons. The Hall–Kier alpha value is -1.73. The normalized spacial score (nSPS) is 10.3. The fourth-order valence-corrected chi connectivity index (χ4v) is 2.93. The lowest BCUT2D eigenvalue weighted by atomic mass is 10.2. The lowest BCUT2D eigenvalue weighted by Gasteiger charge is -2.04. The Morgan fingerprint density at radius 3 is 2.70 bits per heavy atom. The van der Waals surface area contributed by atoms with E-state index in [2.05, 4.69) is 26.2 Å². The Morgan fingerprint density at radius 2 is 2.10 bits per heavy atom. The molecule has 0 saturated heterocycles. The molecule has 1 heterocycles. The second-order valence-electron chi connectivity index (χ2n) is 3.99. The van der Waals surface area contributed by atoms with Gasteiger partial charge in [-0.1, -0.05) is 12.1 Å². The van der Waals surface area contributed by atoms with Crippen molar-refractivity contribution < 1.29 is 14.7 Å². The molecular formula is C13H11BrN2O3S. The van der Waals surface area contributed by atoms with Gasteiger partial charge in [0.05, 0.1) is 17.8 Å². The van der Waals surface area contributed by atoms with Crippen LogP contribution in [-0.4, -0.2) is 22.0 Å². The zero-order chi connectivity index (χ0) is 14.7. The Bertz CT molecular complexity index is 669. The molecule has 20 heavy (non-hydrogen) atoms. The van der Waals surface area contributed by atoms with Gasteiger partial charge >= 0.3 is 5.97 Å². The molecule has 0 saturated carbocycles. The molecule has 0 bridgehead atoms. The zero-order valence-electron chi connectivity index (χ0n) is 10.5. The number of nitrogens with zero attached hydrogens (tertiary/aromatic N) is 1. The van der Waals surface area contributed by atoms with Crippen LogP contribution in [0.3, 0.4) is 0 Å². The first-order valence-corrected chi connectivity index (χ1v) is 7.32. The summed E-state index contributed by atoms with van der Waals surface area (Å²) in [5.74, 6) is -1.23. The average molecular weight is 355 g/mol. The highest BCUT2D eigenvalue weighted by molar-refractivity contribution is 9.10. The van der Waals surface area contributed by atoms with Gasteiger partial charge in [0.15, 0.2) is 0 Å². The Balaban J connectivity index is 2.06. The number of nitrogens with one attached hydrogen (secondary N) is 1. The fourth-order valence-electron chi connectivity index (χ4n) is 1.62. The third-order valence-electron chi connectivity index (χ3n) is 2.55. The van der Waals surface area contributed by atoms with E-state index < -0.39 is 5.97 Å². The van der Waals surface area contributed by atoms with Crippen molar-refractivity contribution in [1.82, 2.24) is 10.3 Å². The molecule has 7 heteroatoms. The van der Waals surface area contributed by atoms with Crippen LogP contribution in [0, 0.1) is 6.92 Å². The number of thiazole rings is 1. The minimum atomic E-state index is -0.997. The van der Waals surface area contributed by atoms with E-state index in [1.807, 2.05) is 6.07 Å². The Morgan fingerprint density at radius 1 is 1.40 bits per heavy atom. The smallest absolute Gasteiger partial charge is 0.347 e. The van der Waals surface area contributed by atoms with E-state index in [0.29, 0.717) is 20.7 Å². The number of hydrogen-bond donors (Lipinski definition) is 2. The lowest BCUT2D eigenvalue weighted by Crippen LogP contribution is -2.23. The van der Waals surface area contributed by atoms with Gasteiger partial charge in [0, 0.05) is 4.47 Å². The lowest BCUT2D eigenvalue weighted by molar-refractivity contribution is 0.0701. The summed E-state index contributed by atoms with van der Waals surface area (Å²) < 4.78 is 0.707. The van der Waals surface area contributed by atoms with Gasteiger partial charge in [-0.15, -0.1) is 11.3 Å². The molecule has 2 rings (SSSR count). The van der Waals surface area contributed by atoms with E-state index in [4.69, 9.17) is 5.11 Å². The van der Waals surface area contributed by atoms with Crippen molar-refractivity contribution in [3.63, 3.8) is 0 Å². The molecule has 0 aliphatic heterocycles. The molecule has 0 unspecified atom stereocenters. The molecule has 1 aromatic carbocycles. The maximum Gasteiger partial charge on any atom is 0.347 e. The van der Waals surface area contributed by atoms with Crippen LogP contribution in [-0.2, 0) is 6.54 Å². The van der Waals surface area contributed by atoms with Crippen molar-refractivity contribution in [3.05, 3.63) is 49.9 Å². The molecular weight excluding hydrogens is 344 g/mol. The quantitative estimate of drug-likeness (QED) is 0.884. The van der Waals surface area contributed by atoms with E-state index in [9.17, 15) is 9.59 Å². The van der Waals surface area contributed by atoms with Crippen LogP contribution in [0.25, 0.3) is 0 Å². The first kappa shape index (κ1) is 14.7. The number of aromatic carboxylic acids is 1. The summed E-state index contributed by atoms with van der Waals surface area (Å²) in [6.45, 7) is 1.85. The van der Waals surface area contributed by atoms with Crippen LogP contribution in [0.1, 0.15) is 30.7 Å². The van der Waals surface area contributed by atoms with Gasteiger partial charge in [-0.2, -0.15) is 0 Å². The maximum atomic E-state index is 12.0. The van der Waals surface area contributed by atoms with Crippen LogP contribution < -0.4 is 5.32 Å². The molecule has 5 nitrogen and oxygen atoms in total. The summed E-state index contributed by atoms with van der Waals surface area (Å²) in [4.78, 5) is 27.2. The largest absolute Gasteiger partial charge is 0.477 e. The molecule has 0 atom stereocenters. The van der Waals surface area contributed by atoms with Crippen molar-refractivity contribution in [2.45, 2.75) is 13.5 Å². The number of carboxylic acids is 1. The summed E-state index contributed by atoms with van der Waals surface area (Å²) in [6, 6.07) is 7.08. The van der Waals surface area contributed by atoms with Crippen molar-refractivity contribution >= 4 is 39.1 Å². The van der Waals surface area contributed by atoms with E-state index in [0.717, 1.165) is 11.3 Å². The predicted molar refractivity (Wildman–Crippen MR) is 79.1 cm³/mol. The van der Waals surface area contributed by atoms with Crippen LogP contribution in [0.2, 0.25) is 0 Å². The molecule has 0 fully saturated rings. The second kappa shape index (κ2) is 6.15. The number of amides is 1. The maximum absolute atomic E-state index is 12.0. The topological polar surface area (TPSA) is 79.3 Å². The molecule has 1 amide bonds. The van der Waals surface area contributed by atoms with Crippen molar-refractivity contribution in [1.29, 1.82) is 0 Å². The number of rotatable bonds is 4. The number of benzene rings is 1. The van der Waals surface area contributed by atoms with Gasteiger partial charge in [-0.3, -0.25) is 4.79 Å². The summed E-state index contributed by atoms with van der Waals surface area (Å²) in [5.41, 5.74) is 0.992. The first-order valence-electron chi connectivity index (χ1n) is 5.71. The summed E-state index contributed by atoms with van der Waals surface area (Å²) in [5, 5.41) is 12.2. The third-order valence-corrected chi connectivity index (χ3v) is 4.39. The highest BCUT2D eigenvalue weighted by Crippen LogP contribution is 2.19. The summed E-state index contributed by atoms with van der Waals surface area (Å²) in [6.07, 6.45) is 0. The first-order chi connectivity index (χ1) is 9.49. The van der Waals surface area contributed by atoms with Gasteiger partial charge in [0.25, 0.3) is 5.91 Å². The van der Waals surface area contributed by atoms with Gasteiger partial charge in [-0.25, -0.2) is 9.78 Å². The fraction of sp³-hybridized carbons (Fsp3) is 0.154. The van der Waals surface area contributed by atoms with Gasteiger partial charge < -0.3 is 10.4 Å². The van der Waals surface area contributed by atoms with E-state index in [1.165, 1.54) is 0 Å². The second-order valence-corrected chi connectivity index (χ2v) is 5.93. The minimum Gasteiger partial charge on any atom is -0.477 e. The zero-order valence-corrected chi connectivity index (χ0v) is 12.9. The molecule has 2 N–H and O–H groups in total. The molecule has 0 aliphatic carbocycles. The highest BCUT2D eigenvalue weighted by atomic mass is 79.9. The molecule has 0 spiro atoms. The standard InChI is InChI=1S/C13H11BrN2O3S/c1-7-11(13(18)19)20-10(16-7)6-15-12(17)8-4-2-3-5-9(8)14/h2-5H,6H2,1H3,(H,15,17)(H,18,19). The van der Waals surface area contributed by atoms with E-state index in [-0.39, 0.29) is 17.3 Å². The highest BCUT2D eigenvalue weighted by Gasteiger charge is 2.15. The van der Waals surface area contributed by atoms with Gasteiger partial charge in [0.2, 0.25) is 0 Å². The minimum absolute atomic E-state index is 0.204. The van der Waals surface area contributed by atoms with Crippen molar-refractivity contribution in [2.24, 2.45) is 0 Å². The molecule has 0 aliphatic rings. The number of carbonyl (C=O) groups excluding carboxylic acids is 1. The van der Waals surface area contributed by atoms with Crippen LogP contribution in [0.5, 0.6) is 0 Å². The number of aromatic nitrogens is 1. The summed E-state index contributed by atoms with van der Waals surface area (Å²) >= 11 is 4.38. The van der Waals surface area contributed by atoms with E-state index >= 15 is 0 Å². The monoisotopic (exact) mass is 354 g/mol. The predicted octanol–water partition coefficient (Wildman–Crippen LogP) is 2.84. The third kappa shape index (κ3) is 3.23. The molecule has 104 valence electrons. The van der Waals surface area contributed by atoms with Crippen molar-refractivity contribution in [3.8, 4) is 0 Å². The number of halogens is 1. The number of aryl methyl sites for hydroxylation is 1. The number of hydrogen-bond acceptors (Lipinski definition) is 4. The van der Waals surface area contributed by atoms with Crippen LogP contribution in [0.15, 0.2) is 28.7 Å². The van der Waals surface area contributed by atoms with Crippen LogP contribution in [0.4, 0.5) is 0 Å². The van der Waals surface area contributed by atoms with Crippen LogP contribution >= 0.6 is 27.3 Å². The van der Waals surface area contributed by atoms with Gasteiger partial charge in [-0.05, 0) is 35.0 Å².